The SMILES string of the molecule is [N-]=[N+]=Nc1ccc(SSCCC(=O)O[N+]2(O)C(=O)CCC2=O)cc1. The first kappa shape index (κ1) is 18.3. The minimum atomic E-state index is -1.88. The van der Waals surface area contributed by atoms with Crippen molar-refractivity contribution >= 4 is 45.1 Å². The van der Waals surface area contributed by atoms with E-state index in [4.69, 9.17) is 5.53 Å². The Morgan fingerprint density at radius 2 is 1.92 bits per heavy atom. The maximum atomic E-state index is 11.7. The molecule has 1 fully saturated rings. The normalized spacial score (nSPS) is 15.9. The van der Waals surface area contributed by atoms with Crippen molar-refractivity contribution in [2.75, 3.05) is 5.75 Å². The second kappa shape index (κ2) is 8.18. The number of nitrogens with zero attached hydrogens (tertiary/aromatic N) is 4. The molecule has 0 bridgehead atoms. The summed E-state index contributed by atoms with van der Waals surface area (Å²) >= 11 is 0. The molecule has 0 atom stereocenters. The van der Waals surface area contributed by atoms with E-state index in [0.29, 0.717) is 11.4 Å². The van der Waals surface area contributed by atoms with Crippen LogP contribution in [0.15, 0.2) is 34.3 Å². The molecular formula is C13H13N4O5S2+. The first-order valence-corrected chi connectivity index (χ1v) is 9.13. The van der Waals surface area contributed by atoms with Crippen LogP contribution >= 0.6 is 21.6 Å². The molecule has 0 aromatic heterocycles. The summed E-state index contributed by atoms with van der Waals surface area (Å²) in [5.41, 5.74) is 8.82. The van der Waals surface area contributed by atoms with Gasteiger partial charge in [0.15, 0.2) is 0 Å². The van der Waals surface area contributed by atoms with E-state index in [1.807, 2.05) is 0 Å². The van der Waals surface area contributed by atoms with E-state index in [1.165, 1.54) is 21.6 Å². The lowest BCUT2D eigenvalue weighted by atomic mass is 10.3. The molecule has 0 spiro atoms. The maximum Gasteiger partial charge on any atom is 0.397 e. The number of hydrogen-bond acceptors (Lipinski definition) is 8. The fourth-order valence-electron chi connectivity index (χ4n) is 1.81. The van der Waals surface area contributed by atoms with Gasteiger partial charge in [-0.25, -0.2) is 19.2 Å². The first-order valence-electron chi connectivity index (χ1n) is 6.81. The molecule has 1 aliphatic rings. The van der Waals surface area contributed by atoms with Crippen molar-refractivity contribution in [3.63, 3.8) is 0 Å². The van der Waals surface area contributed by atoms with Crippen LogP contribution < -0.4 is 0 Å². The Morgan fingerprint density at radius 3 is 2.50 bits per heavy atom. The average Bonchev–Trinajstić information content (AvgIpc) is 2.81. The Hall–Kier alpha value is -2.04. The van der Waals surface area contributed by atoms with Gasteiger partial charge in [0.05, 0.1) is 19.3 Å². The largest absolute Gasteiger partial charge is 0.397 e. The van der Waals surface area contributed by atoms with Gasteiger partial charge in [-0.1, -0.05) is 38.8 Å². The molecule has 0 aliphatic carbocycles. The number of amides is 2. The number of hydroxylamine groups is 4. The number of carbonyl (C=O) groups is 3. The molecule has 24 heavy (non-hydrogen) atoms. The molecule has 1 aromatic carbocycles. The molecule has 1 heterocycles. The fourth-order valence-corrected chi connectivity index (χ4v) is 3.76. The van der Waals surface area contributed by atoms with Gasteiger partial charge in [-0.3, -0.25) is 0 Å². The Kier molecular flexibility index (Phi) is 6.23. The van der Waals surface area contributed by atoms with Gasteiger partial charge >= 0.3 is 17.8 Å². The predicted molar refractivity (Wildman–Crippen MR) is 85.6 cm³/mol. The van der Waals surface area contributed by atoms with E-state index >= 15 is 0 Å². The van der Waals surface area contributed by atoms with Crippen LogP contribution in [-0.4, -0.2) is 33.6 Å². The van der Waals surface area contributed by atoms with Crippen molar-refractivity contribution in [3.8, 4) is 0 Å². The molecule has 0 radical (unpaired) electrons. The summed E-state index contributed by atoms with van der Waals surface area (Å²) in [6, 6.07) is 6.88. The van der Waals surface area contributed by atoms with Crippen molar-refractivity contribution in [1.82, 2.24) is 0 Å². The fraction of sp³-hybridized carbons (Fsp3) is 0.308. The third-order valence-electron chi connectivity index (χ3n) is 3.00. The van der Waals surface area contributed by atoms with Crippen LogP contribution in [0.25, 0.3) is 10.4 Å². The highest BCUT2D eigenvalue weighted by atomic mass is 33.1. The van der Waals surface area contributed by atoms with Gasteiger partial charge in [0.1, 0.15) is 4.81 Å². The van der Waals surface area contributed by atoms with Crippen LogP contribution in [0.4, 0.5) is 5.69 Å². The molecule has 11 heteroatoms. The number of quaternary nitrogens is 1. The summed E-state index contributed by atoms with van der Waals surface area (Å²) in [5, 5.41) is 13.2. The lowest BCUT2D eigenvalue weighted by Crippen LogP contribution is -2.50. The number of carbonyl (C=O) groups excluding carboxylic acids is 3. The lowest BCUT2D eigenvalue weighted by Gasteiger charge is -2.15. The molecule has 0 unspecified atom stereocenters. The van der Waals surface area contributed by atoms with Crippen LogP contribution in [0.5, 0.6) is 0 Å². The van der Waals surface area contributed by atoms with Gasteiger partial charge < -0.3 is 0 Å². The number of hydrogen-bond donors (Lipinski definition) is 1. The summed E-state index contributed by atoms with van der Waals surface area (Å²) in [5.74, 6) is -2.14. The standard InChI is InChI=1S/C13H13N4O5S2/c14-16-15-9-1-3-10(4-2-9)24-23-8-7-13(20)22-17(21)11(18)5-6-12(17)19/h1-4,21H,5-8H2/q+1. The minimum Gasteiger partial charge on any atom is -0.245 e. The molecule has 2 rings (SSSR count). The van der Waals surface area contributed by atoms with E-state index < -0.39 is 22.6 Å². The summed E-state index contributed by atoms with van der Waals surface area (Å²) in [6.07, 6.45) is -0.340. The molecule has 1 saturated heterocycles. The van der Waals surface area contributed by atoms with E-state index in [-0.39, 0.29) is 19.3 Å². The second-order valence-electron chi connectivity index (χ2n) is 4.67. The third kappa shape index (κ3) is 4.49. The first-order chi connectivity index (χ1) is 11.5. The summed E-state index contributed by atoms with van der Waals surface area (Å²) in [6.45, 7) is 0. The Morgan fingerprint density at radius 1 is 1.29 bits per heavy atom. The quantitative estimate of drug-likeness (QED) is 0.114. The molecule has 2 amide bonds. The average molecular weight is 369 g/mol. The third-order valence-corrected chi connectivity index (χ3v) is 5.39. The summed E-state index contributed by atoms with van der Waals surface area (Å²) in [4.78, 5) is 40.8. The van der Waals surface area contributed by atoms with Crippen LogP contribution in [0.3, 0.4) is 0 Å². The minimum absolute atomic E-state index is 0.0599. The molecule has 9 nitrogen and oxygen atoms in total. The monoisotopic (exact) mass is 369 g/mol. The van der Waals surface area contributed by atoms with Crippen LogP contribution in [0.1, 0.15) is 19.3 Å². The van der Waals surface area contributed by atoms with Gasteiger partial charge in [-0.2, -0.15) is 5.21 Å². The molecule has 0 saturated carbocycles. The van der Waals surface area contributed by atoms with E-state index in [1.54, 1.807) is 24.3 Å². The maximum absolute atomic E-state index is 11.7. The van der Waals surface area contributed by atoms with E-state index in [0.717, 1.165) is 4.90 Å². The van der Waals surface area contributed by atoms with Crippen LogP contribution in [-0.2, 0) is 19.2 Å². The highest BCUT2D eigenvalue weighted by molar-refractivity contribution is 8.76. The van der Waals surface area contributed by atoms with Crippen molar-refractivity contribution in [2.45, 2.75) is 24.2 Å². The number of benzene rings is 1. The number of imide groups is 1. The zero-order chi connectivity index (χ0) is 17.6. The van der Waals surface area contributed by atoms with Gasteiger partial charge in [0.25, 0.3) is 0 Å². The Balaban J connectivity index is 1.74. The smallest absolute Gasteiger partial charge is 0.245 e. The van der Waals surface area contributed by atoms with Crippen molar-refractivity contribution in [1.29, 1.82) is 0 Å². The molecular weight excluding hydrogens is 356 g/mol. The van der Waals surface area contributed by atoms with Gasteiger partial charge in [0.2, 0.25) is 0 Å². The Bertz CT molecular complexity index is 687. The van der Waals surface area contributed by atoms with Crippen molar-refractivity contribution < 1.29 is 29.2 Å². The summed E-state index contributed by atoms with van der Waals surface area (Å²) < 4.78 is 0. The van der Waals surface area contributed by atoms with Gasteiger partial charge in [-0.05, 0) is 17.7 Å². The van der Waals surface area contributed by atoms with Gasteiger partial charge in [-0.15, -0.1) is 0 Å². The van der Waals surface area contributed by atoms with Gasteiger partial charge in [0, 0.05) is 21.2 Å². The van der Waals surface area contributed by atoms with Crippen LogP contribution in [0.2, 0.25) is 0 Å². The Labute approximate surface area is 144 Å². The summed E-state index contributed by atoms with van der Waals surface area (Å²) in [7, 11) is 2.77. The predicted octanol–water partition coefficient (Wildman–Crippen LogP) is 3.27. The molecule has 126 valence electrons. The van der Waals surface area contributed by atoms with Crippen molar-refractivity contribution in [3.05, 3.63) is 34.7 Å². The second-order valence-corrected chi connectivity index (χ2v) is 7.15. The van der Waals surface area contributed by atoms with Crippen LogP contribution in [0, 0.1) is 0 Å². The number of rotatable bonds is 7. The van der Waals surface area contributed by atoms with E-state index in [9.17, 15) is 19.6 Å². The zero-order valence-corrected chi connectivity index (χ0v) is 14.0. The molecule has 1 aromatic rings. The molecule has 1 aliphatic heterocycles. The molecule has 1 N–H and O–H groups in total. The topological polar surface area (TPSA) is 129 Å². The zero-order valence-electron chi connectivity index (χ0n) is 12.3. The van der Waals surface area contributed by atoms with E-state index in [2.05, 4.69) is 14.9 Å². The van der Waals surface area contributed by atoms with Crippen molar-refractivity contribution in [2.24, 2.45) is 5.11 Å². The lowest BCUT2D eigenvalue weighted by molar-refractivity contribution is -1.12. The highest BCUT2D eigenvalue weighted by Crippen LogP contribution is 2.32. The number of azide groups is 1. The highest BCUT2D eigenvalue weighted by Gasteiger charge is 2.55.